The van der Waals surface area contributed by atoms with Gasteiger partial charge in [0, 0.05) is 25.2 Å². The Balaban J connectivity index is 1.83. The number of benzene rings is 1. The summed E-state index contributed by atoms with van der Waals surface area (Å²) in [6.45, 7) is 0.843. The van der Waals surface area contributed by atoms with Crippen LogP contribution in [0.1, 0.15) is 18.4 Å². The Kier molecular flexibility index (Phi) is 6.20. The molecule has 130 valence electrons. The van der Waals surface area contributed by atoms with Crippen LogP contribution in [0.3, 0.4) is 0 Å². The van der Waals surface area contributed by atoms with Crippen LogP contribution in [0.25, 0.3) is 0 Å². The van der Waals surface area contributed by atoms with E-state index in [2.05, 4.69) is 0 Å². The summed E-state index contributed by atoms with van der Waals surface area (Å²) in [6, 6.07) is 7.06. The SMILES string of the molecule is CN(CC(=O)N1CCC(C(=O)O)CC1)C(=O)Cc1cccc(Cl)c1. The Morgan fingerprint density at radius 3 is 2.54 bits per heavy atom. The number of halogens is 1. The molecule has 2 rings (SSSR count). The third-order valence-corrected chi connectivity index (χ3v) is 4.47. The molecule has 7 heteroatoms. The van der Waals surface area contributed by atoms with Crippen LogP contribution < -0.4 is 0 Å². The van der Waals surface area contributed by atoms with Gasteiger partial charge in [-0.2, -0.15) is 0 Å². The van der Waals surface area contributed by atoms with Gasteiger partial charge in [-0.15, -0.1) is 0 Å². The van der Waals surface area contributed by atoms with Crippen molar-refractivity contribution in [2.45, 2.75) is 19.3 Å². The molecule has 1 aromatic carbocycles. The minimum absolute atomic E-state index is 0.00284. The summed E-state index contributed by atoms with van der Waals surface area (Å²) in [4.78, 5) is 38.4. The molecule has 0 bridgehead atoms. The molecule has 1 N–H and O–H groups in total. The highest BCUT2D eigenvalue weighted by Crippen LogP contribution is 2.17. The van der Waals surface area contributed by atoms with Gasteiger partial charge in [-0.3, -0.25) is 14.4 Å². The molecule has 1 saturated heterocycles. The molecule has 0 aliphatic carbocycles. The number of hydrogen-bond acceptors (Lipinski definition) is 3. The van der Waals surface area contributed by atoms with E-state index >= 15 is 0 Å². The summed E-state index contributed by atoms with van der Waals surface area (Å²) in [5.74, 6) is -1.50. The van der Waals surface area contributed by atoms with Gasteiger partial charge in [-0.25, -0.2) is 0 Å². The highest BCUT2D eigenvalue weighted by Gasteiger charge is 2.27. The van der Waals surface area contributed by atoms with Crippen molar-refractivity contribution in [1.29, 1.82) is 0 Å². The average molecular weight is 353 g/mol. The van der Waals surface area contributed by atoms with Gasteiger partial charge < -0.3 is 14.9 Å². The zero-order chi connectivity index (χ0) is 17.7. The number of rotatable bonds is 5. The summed E-state index contributed by atoms with van der Waals surface area (Å²) in [7, 11) is 1.59. The van der Waals surface area contributed by atoms with E-state index in [1.807, 2.05) is 6.07 Å². The van der Waals surface area contributed by atoms with E-state index in [1.165, 1.54) is 4.90 Å². The molecule has 24 heavy (non-hydrogen) atoms. The van der Waals surface area contributed by atoms with Crippen molar-refractivity contribution >= 4 is 29.4 Å². The van der Waals surface area contributed by atoms with Crippen molar-refractivity contribution in [3.63, 3.8) is 0 Å². The molecule has 1 fully saturated rings. The monoisotopic (exact) mass is 352 g/mol. The normalized spacial score (nSPS) is 15.2. The first-order valence-electron chi connectivity index (χ1n) is 7.86. The summed E-state index contributed by atoms with van der Waals surface area (Å²) in [5.41, 5.74) is 0.800. The first kappa shape index (κ1) is 18.3. The van der Waals surface area contributed by atoms with Gasteiger partial charge in [0.05, 0.1) is 18.9 Å². The highest BCUT2D eigenvalue weighted by molar-refractivity contribution is 6.30. The average Bonchev–Trinajstić information content (AvgIpc) is 2.54. The first-order valence-corrected chi connectivity index (χ1v) is 8.23. The van der Waals surface area contributed by atoms with Crippen molar-refractivity contribution in [2.24, 2.45) is 5.92 Å². The Morgan fingerprint density at radius 2 is 1.96 bits per heavy atom. The Morgan fingerprint density at radius 1 is 1.29 bits per heavy atom. The maximum absolute atomic E-state index is 12.3. The molecule has 0 atom stereocenters. The van der Waals surface area contributed by atoms with Crippen LogP contribution in [-0.2, 0) is 20.8 Å². The fourth-order valence-electron chi connectivity index (χ4n) is 2.72. The molecule has 0 unspecified atom stereocenters. The van der Waals surface area contributed by atoms with E-state index in [0.29, 0.717) is 31.0 Å². The fraction of sp³-hybridized carbons (Fsp3) is 0.471. The third-order valence-electron chi connectivity index (χ3n) is 4.24. The number of carbonyl (C=O) groups excluding carboxylic acids is 2. The maximum atomic E-state index is 12.3. The van der Waals surface area contributed by atoms with Gasteiger partial charge in [0.2, 0.25) is 11.8 Å². The van der Waals surface area contributed by atoms with Crippen LogP contribution in [0.15, 0.2) is 24.3 Å². The Hall–Kier alpha value is -2.08. The lowest BCUT2D eigenvalue weighted by atomic mass is 9.97. The van der Waals surface area contributed by atoms with E-state index in [-0.39, 0.29) is 30.7 Å². The summed E-state index contributed by atoms with van der Waals surface area (Å²) >= 11 is 5.90. The molecule has 0 spiro atoms. The molecular formula is C17H21ClN2O4. The molecule has 0 radical (unpaired) electrons. The smallest absolute Gasteiger partial charge is 0.306 e. The number of carbonyl (C=O) groups is 3. The number of aliphatic carboxylic acids is 1. The number of carboxylic acids is 1. The second kappa shape index (κ2) is 8.15. The van der Waals surface area contributed by atoms with Crippen LogP contribution in [0, 0.1) is 5.92 Å². The number of hydrogen-bond donors (Lipinski definition) is 1. The van der Waals surface area contributed by atoms with Gasteiger partial charge in [-0.05, 0) is 30.5 Å². The molecular weight excluding hydrogens is 332 g/mol. The highest BCUT2D eigenvalue weighted by atomic mass is 35.5. The minimum atomic E-state index is -0.809. The van der Waals surface area contributed by atoms with Crippen molar-refractivity contribution in [3.8, 4) is 0 Å². The van der Waals surface area contributed by atoms with Crippen LogP contribution in [0.4, 0.5) is 0 Å². The zero-order valence-electron chi connectivity index (χ0n) is 13.6. The van der Waals surface area contributed by atoms with Crippen molar-refractivity contribution in [1.82, 2.24) is 9.80 Å². The lowest BCUT2D eigenvalue weighted by Gasteiger charge is -2.31. The van der Waals surface area contributed by atoms with Crippen LogP contribution in [0.5, 0.6) is 0 Å². The van der Waals surface area contributed by atoms with Gasteiger partial charge >= 0.3 is 5.97 Å². The molecule has 0 saturated carbocycles. The number of carboxylic acid groups (broad SMARTS) is 1. The summed E-state index contributed by atoms with van der Waals surface area (Å²) in [6.07, 6.45) is 1.11. The lowest BCUT2D eigenvalue weighted by molar-refractivity contribution is -0.146. The molecule has 1 aliphatic heterocycles. The fourth-order valence-corrected chi connectivity index (χ4v) is 2.94. The molecule has 1 aliphatic rings. The van der Waals surface area contributed by atoms with Crippen LogP contribution >= 0.6 is 11.6 Å². The second-order valence-electron chi connectivity index (χ2n) is 6.05. The van der Waals surface area contributed by atoms with E-state index < -0.39 is 5.97 Å². The van der Waals surface area contributed by atoms with Crippen molar-refractivity contribution in [2.75, 3.05) is 26.7 Å². The van der Waals surface area contributed by atoms with Crippen LogP contribution in [-0.4, -0.2) is 59.4 Å². The zero-order valence-corrected chi connectivity index (χ0v) is 14.3. The van der Waals surface area contributed by atoms with Crippen LogP contribution in [0.2, 0.25) is 5.02 Å². The lowest BCUT2D eigenvalue weighted by Crippen LogP contribution is -2.45. The third kappa shape index (κ3) is 4.96. The van der Waals surface area contributed by atoms with Gasteiger partial charge in [0.25, 0.3) is 0 Å². The number of nitrogens with zero attached hydrogens (tertiary/aromatic N) is 2. The van der Waals surface area contributed by atoms with E-state index in [4.69, 9.17) is 16.7 Å². The quantitative estimate of drug-likeness (QED) is 0.874. The predicted molar refractivity (Wildman–Crippen MR) is 89.7 cm³/mol. The summed E-state index contributed by atoms with van der Waals surface area (Å²) in [5, 5.41) is 9.54. The maximum Gasteiger partial charge on any atom is 0.306 e. The summed E-state index contributed by atoms with van der Waals surface area (Å²) < 4.78 is 0. The number of likely N-dealkylation sites (N-methyl/N-ethyl adjacent to an activating group) is 1. The molecule has 1 aromatic rings. The predicted octanol–water partition coefficient (Wildman–Crippen LogP) is 1.66. The Bertz CT molecular complexity index is 627. The van der Waals surface area contributed by atoms with Gasteiger partial charge in [0.15, 0.2) is 0 Å². The van der Waals surface area contributed by atoms with E-state index in [1.54, 1.807) is 30.1 Å². The van der Waals surface area contributed by atoms with E-state index in [0.717, 1.165) is 5.56 Å². The number of likely N-dealkylation sites (tertiary alicyclic amines) is 1. The molecule has 6 nitrogen and oxygen atoms in total. The number of amides is 2. The van der Waals surface area contributed by atoms with Crippen molar-refractivity contribution < 1.29 is 19.5 Å². The first-order chi connectivity index (χ1) is 11.4. The molecule has 2 amide bonds. The number of piperidine rings is 1. The van der Waals surface area contributed by atoms with Gasteiger partial charge in [-0.1, -0.05) is 23.7 Å². The topological polar surface area (TPSA) is 77.9 Å². The standard InChI is InChI=1S/C17H21ClN2O4/c1-19(15(21)10-12-3-2-4-14(18)9-12)11-16(22)20-7-5-13(6-8-20)17(23)24/h2-4,9,13H,5-8,10-11H2,1H3,(H,23,24). The van der Waals surface area contributed by atoms with Gasteiger partial charge in [0.1, 0.15) is 0 Å². The largest absolute Gasteiger partial charge is 0.481 e. The second-order valence-corrected chi connectivity index (χ2v) is 6.49. The minimum Gasteiger partial charge on any atom is -0.481 e. The van der Waals surface area contributed by atoms with Crippen molar-refractivity contribution in [3.05, 3.63) is 34.9 Å². The van der Waals surface area contributed by atoms with E-state index in [9.17, 15) is 14.4 Å². The molecule has 1 heterocycles. The Labute approximate surface area is 146 Å². The molecule has 0 aromatic heterocycles.